The number of thiophene rings is 1. The Bertz CT molecular complexity index is 610. The van der Waals surface area contributed by atoms with Crippen molar-refractivity contribution in [3.05, 3.63) is 55.1 Å². The largest absolute Gasteiger partial charge is 0.321 e. The molecule has 0 N–H and O–H groups in total. The van der Waals surface area contributed by atoms with E-state index in [1.807, 2.05) is 34.5 Å². The number of rotatable bonds is 3. The maximum atomic E-state index is 12.2. The van der Waals surface area contributed by atoms with Crippen LogP contribution in [0.2, 0.25) is 0 Å². The summed E-state index contributed by atoms with van der Waals surface area (Å²) in [6, 6.07) is 10.1. The Labute approximate surface area is 142 Å². The smallest absolute Gasteiger partial charge is 0.234 e. The van der Waals surface area contributed by atoms with Gasteiger partial charge in [-0.15, -0.1) is 23.1 Å². The molecule has 1 aliphatic rings. The molecule has 1 unspecified atom stereocenters. The van der Waals surface area contributed by atoms with Gasteiger partial charge in [0.25, 0.3) is 0 Å². The average molecular weight is 433 g/mol. The van der Waals surface area contributed by atoms with Crippen LogP contribution >= 0.6 is 55.0 Å². The van der Waals surface area contributed by atoms with Gasteiger partial charge in [-0.2, -0.15) is 0 Å². The Kier molecular flexibility index (Phi) is 4.55. The third-order valence-electron chi connectivity index (χ3n) is 3.12. The van der Waals surface area contributed by atoms with Crippen LogP contribution in [0.1, 0.15) is 15.8 Å². The van der Waals surface area contributed by atoms with Crippen molar-refractivity contribution in [1.29, 1.82) is 0 Å². The molecule has 1 aliphatic heterocycles. The van der Waals surface area contributed by atoms with Crippen LogP contribution in [0.15, 0.2) is 44.7 Å². The van der Waals surface area contributed by atoms with Gasteiger partial charge >= 0.3 is 0 Å². The standard InChI is InChI=1S/C14H11Br2NOS2/c15-10-4-1-5-11(16)13(10)14-17(12(18)8-20-14)7-9-3-2-6-19-9/h1-6,14H,7-8H2. The molecule has 6 heteroatoms. The van der Waals surface area contributed by atoms with Crippen molar-refractivity contribution in [2.75, 3.05) is 5.75 Å². The van der Waals surface area contributed by atoms with Crippen molar-refractivity contribution in [3.63, 3.8) is 0 Å². The molecule has 0 aliphatic carbocycles. The van der Waals surface area contributed by atoms with Crippen LogP contribution in [0, 0.1) is 0 Å². The van der Waals surface area contributed by atoms with E-state index in [1.54, 1.807) is 23.1 Å². The number of benzene rings is 1. The molecule has 0 saturated carbocycles. The fraction of sp³-hybridized carbons (Fsp3) is 0.214. The Morgan fingerprint density at radius 2 is 1.95 bits per heavy atom. The highest BCUT2D eigenvalue weighted by atomic mass is 79.9. The molecule has 0 radical (unpaired) electrons. The lowest BCUT2D eigenvalue weighted by molar-refractivity contribution is -0.128. The lowest BCUT2D eigenvalue weighted by Gasteiger charge is -2.25. The van der Waals surface area contributed by atoms with Gasteiger partial charge in [-0.1, -0.05) is 44.0 Å². The molecule has 3 rings (SSSR count). The molecule has 2 aromatic rings. The molecular weight excluding hydrogens is 422 g/mol. The predicted octanol–water partition coefficient (Wildman–Crippen LogP) is 5.05. The lowest BCUT2D eigenvalue weighted by Crippen LogP contribution is -2.27. The summed E-state index contributed by atoms with van der Waals surface area (Å²) in [5.41, 5.74) is 1.14. The number of nitrogens with zero attached hydrogens (tertiary/aromatic N) is 1. The highest BCUT2D eigenvalue weighted by Crippen LogP contribution is 2.45. The van der Waals surface area contributed by atoms with Gasteiger partial charge in [-0.25, -0.2) is 0 Å². The van der Waals surface area contributed by atoms with E-state index in [2.05, 4.69) is 37.9 Å². The summed E-state index contributed by atoms with van der Waals surface area (Å²) in [6.45, 7) is 0.682. The maximum absolute atomic E-state index is 12.2. The van der Waals surface area contributed by atoms with Crippen LogP contribution in [0.5, 0.6) is 0 Å². The second-order valence-corrected chi connectivity index (χ2v) is 8.21. The average Bonchev–Trinajstić information content (AvgIpc) is 3.03. The molecule has 1 aromatic heterocycles. The van der Waals surface area contributed by atoms with Crippen LogP contribution < -0.4 is 0 Å². The second kappa shape index (κ2) is 6.22. The number of carbonyl (C=O) groups is 1. The quantitative estimate of drug-likeness (QED) is 0.676. The predicted molar refractivity (Wildman–Crippen MR) is 91.9 cm³/mol. The molecule has 1 amide bonds. The first kappa shape index (κ1) is 14.6. The summed E-state index contributed by atoms with van der Waals surface area (Å²) in [6.07, 6.45) is 0. The first-order chi connectivity index (χ1) is 9.66. The van der Waals surface area contributed by atoms with Crippen molar-refractivity contribution >= 4 is 60.9 Å². The highest BCUT2D eigenvalue weighted by molar-refractivity contribution is 9.11. The summed E-state index contributed by atoms with van der Waals surface area (Å²) in [5, 5.41) is 2.11. The summed E-state index contributed by atoms with van der Waals surface area (Å²) < 4.78 is 2.07. The molecular formula is C14H11Br2NOS2. The third kappa shape index (κ3) is 2.84. The Balaban J connectivity index is 1.93. The van der Waals surface area contributed by atoms with E-state index >= 15 is 0 Å². The van der Waals surface area contributed by atoms with E-state index in [-0.39, 0.29) is 11.3 Å². The van der Waals surface area contributed by atoms with E-state index in [0.717, 1.165) is 14.5 Å². The first-order valence-corrected chi connectivity index (χ1v) is 9.55. The maximum Gasteiger partial charge on any atom is 0.234 e. The highest BCUT2D eigenvalue weighted by Gasteiger charge is 2.35. The number of thioether (sulfide) groups is 1. The second-order valence-electron chi connectivity index (χ2n) is 4.40. The monoisotopic (exact) mass is 431 g/mol. The van der Waals surface area contributed by atoms with Crippen LogP contribution in [0.25, 0.3) is 0 Å². The summed E-state index contributed by atoms with van der Waals surface area (Å²) in [4.78, 5) is 15.4. The fourth-order valence-electron chi connectivity index (χ4n) is 2.18. The third-order valence-corrected chi connectivity index (χ3v) is 6.58. The number of halogens is 2. The van der Waals surface area contributed by atoms with E-state index < -0.39 is 0 Å². The zero-order valence-electron chi connectivity index (χ0n) is 10.4. The van der Waals surface area contributed by atoms with Gasteiger partial charge in [0.05, 0.1) is 12.3 Å². The molecule has 1 saturated heterocycles. The van der Waals surface area contributed by atoms with Gasteiger partial charge in [0, 0.05) is 19.4 Å². The first-order valence-electron chi connectivity index (χ1n) is 6.04. The zero-order valence-corrected chi connectivity index (χ0v) is 15.2. The summed E-state index contributed by atoms with van der Waals surface area (Å²) in [5.74, 6) is 0.750. The van der Waals surface area contributed by atoms with Crippen molar-refractivity contribution in [2.24, 2.45) is 0 Å². The molecule has 1 atom stereocenters. The van der Waals surface area contributed by atoms with Crippen molar-refractivity contribution < 1.29 is 4.79 Å². The Morgan fingerprint density at radius 3 is 2.60 bits per heavy atom. The Hall–Kier alpha value is -0.300. The molecule has 0 bridgehead atoms. The summed E-state index contributed by atoms with van der Waals surface area (Å²) in [7, 11) is 0. The minimum absolute atomic E-state index is 0.0644. The van der Waals surface area contributed by atoms with Crippen LogP contribution in [0.4, 0.5) is 0 Å². The molecule has 104 valence electrons. The molecule has 20 heavy (non-hydrogen) atoms. The van der Waals surface area contributed by atoms with Gasteiger partial charge < -0.3 is 4.90 Å². The van der Waals surface area contributed by atoms with Gasteiger partial charge in [0.2, 0.25) is 5.91 Å². The van der Waals surface area contributed by atoms with Crippen molar-refractivity contribution in [2.45, 2.75) is 11.9 Å². The van der Waals surface area contributed by atoms with E-state index in [9.17, 15) is 4.79 Å². The van der Waals surface area contributed by atoms with Crippen LogP contribution in [-0.2, 0) is 11.3 Å². The van der Waals surface area contributed by atoms with Crippen molar-refractivity contribution in [1.82, 2.24) is 4.90 Å². The lowest BCUT2D eigenvalue weighted by atomic mass is 10.2. The van der Waals surface area contributed by atoms with Gasteiger partial charge in [-0.05, 0) is 23.6 Å². The number of amides is 1. The van der Waals surface area contributed by atoms with Crippen molar-refractivity contribution in [3.8, 4) is 0 Å². The normalized spacial score (nSPS) is 18.8. The SMILES string of the molecule is O=C1CSC(c2c(Br)cccc2Br)N1Cc1cccs1. The molecule has 0 spiro atoms. The summed E-state index contributed by atoms with van der Waals surface area (Å²) >= 11 is 10.6. The number of hydrogen-bond donors (Lipinski definition) is 0. The molecule has 2 nitrogen and oxygen atoms in total. The van der Waals surface area contributed by atoms with E-state index in [0.29, 0.717) is 12.3 Å². The molecule has 1 aromatic carbocycles. The van der Waals surface area contributed by atoms with Crippen LogP contribution in [-0.4, -0.2) is 16.6 Å². The minimum atomic E-state index is 0.0644. The topological polar surface area (TPSA) is 20.3 Å². The Morgan fingerprint density at radius 1 is 1.20 bits per heavy atom. The zero-order chi connectivity index (χ0) is 14.1. The van der Waals surface area contributed by atoms with Crippen LogP contribution in [0.3, 0.4) is 0 Å². The molecule has 1 fully saturated rings. The fourth-order valence-corrected chi connectivity index (χ4v) is 5.88. The molecule has 2 heterocycles. The van der Waals surface area contributed by atoms with E-state index in [4.69, 9.17) is 0 Å². The van der Waals surface area contributed by atoms with Gasteiger partial charge in [0.1, 0.15) is 5.37 Å². The number of hydrogen-bond acceptors (Lipinski definition) is 3. The van der Waals surface area contributed by atoms with E-state index in [1.165, 1.54) is 4.88 Å². The van der Waals surface area contributed by atoms with Gasteiger partial charge in [0.15, 0.2) is 0 Å². The minimum Gasteiger partial charge on any atom is -0.321 e. The van der Waals surface area contributed by atoms with Gasteiger partial charge in [-0.3, -0.25) is 4.79 Å². The number of carbonyl (C=O) groups excluding carboxylic acids is 1.